The van der Waals surface area contributed by atoms with Crippen LogP contribution in [0.25, 0.3) is 0 Å². The predicted molar refractivity (Wildman–Crippen MR) is 97.6 cm³/mol. The molecule has 6 nitrogen and oxygen atoms in total. The summed E-state index contributed by atoms with van der Waals surface area (Å²) >= 11 is 0. The average Bonchev–Trinajstić information content (AvgIpc) is 2.86. The molecule has 2 heterocycles. The van der Waals surface area contributed by atoms with Crippen molar-refractivity contribution in [1.82, 2.24) is 14.7 Å². The molecule has 1 saturated heterocycles. The Kier molecular flexibility index (Phi) is 5.08. The minimum atomic E-state index is -0.0653. The van der Waals surface area contributed by atoms with Crippen molar-refractivity contribution in [3.05, 3.63) is 47.3 Å². The zero-order chi connectivity index (χ0) is 18.0. The fourth-order valence-electron chi connectivity index (χ4n) is 3.51. The van der Waals surface area contributed by atoms with E-state index in [0.717, 1.165) is 23.6 Å². The summed E-state index contributed by atoms with van der Waals surface area (Å²) < 4.78 is 6.99. The third-order valence-corrected chi connectivity index (χ3v) is 4.88. The van der Waals surface area contributed by atoms with Gasteiger partial charge in [-0.1, -0.05) is 37.3 Å². The van der Waals surface area contributed by atoms with Crippen LogP contribution in [-0.4, -0.2) is 41.0 Å². The lowest BCUT2D eigenvalue weighted by atomic mass is 9.85. The summed E-state index contributed by atoms with van der Waals surface area (Å²) in [7, 11) is 1.67. The Labute approximate surface area is 148 Å². The molecular formula is C19H26N4O2. The van der Waals surface area contributed by atoms with E-state index in [4.69, 9.17) is 4.74 Å². The summed E-state index contributed by atoms with van der Waals surface area (Å²) in [6.07, 6.45) is 0. The molecule has 0 aliphatic carbocycles. The van der Waals surface area contributed by atoms with E-state index in [9.17, 15) is 4.79 Å². The number of urea groups is 1. The van der Waals surface area contributed by atoms with Crippen molar-refractivity contribution in [3.8, 4) is 0 Å². The number of carbonyl (C=O) groups excluding carboxylic acids is 1. The van der Waals surface area contributed by atoms with Gasteiger partial charge in [-0.3, -0.25) is 4.68 Å². The smallest absolute Gasteiger partial charge is 0.322 e. The number of hydrogen-bond donors (Lipinski definition) is 1. The summed E-state index contributed by atoms with van der Waals surface area (Å²) in [6.45, 7) is 8.10. The summed E-state index contributed by atoms with van der Waals surface area (Å²) in [5.74, 6) is 0.458. The van der Waals surface area contributed by atoms with E-state index in [2.05, 4.69) is 29.5 Å². The number of nitrogens with one attached hydrogen (secondary N) is 1. The molecule has 1 fully saturated rings. The Balaban J connectivity index is 1.73. The molecule has 0 spiro atoms. The molecule has 0 unspecified atom stereocenters. The van der Waals surface area contributed by atoms with Gasteiger partial charge >= 0.3 is 6.03 Å². The summed E-state index contributed by atoms with van der Waals surface area (Å²) in [6, 6.07) is 10.3. The topological polar surface area (TPSA) is 59.4 Å². The summed E-state index contributed by atoms with van der Waals surface area (Å²) in [5.41, 5.74) is 3.76. The number of anilines is 1. The number of ether oxygens (including phenoxy) is 1. The average molecular weight is 342 g/mol. The van der Waals surface area contributed by atoms with Gasteiger partial charge in [0.1, 0.15) is 0 Å². The molecule has 1 N–H and O–H groups in total. The van der Waals surface area contributed by atoms with Crippen LogP contribution in [0.1, 0.15) is 29.9 Å². The van der Waals surface area contributed by atoms with Crippen LogP contribution in [-0.2, 0) is 11.3 Å². The number of amides is 2. The van der Waals surface area contributed by atoms with E-state index in [0.29, 0.717) is 19.1 Å². The Morgan fingerprint density at radius 2 is 2.04 bits per heavy atom. The third kappa shape index (κ3) is 3.39. The van der Waals surface area contributed by atoms with E-state index < -0.39 is 0 Å². The van der Waals surface area contributed by atoms with Crippen molar-refractivity contribution in [3.63, 3.8) is 0 Å². The normalized spacial score (nSPS) is 19.6. The standard InChI is InChI=1S/C19H26N4O2/c1-13-12-22(18(13)16-8-6-5-7-9-16)19(24)20-17-14(2)21-23(15(17)3)10-11-25-4/h5-9,13,18H,10-12H2,1-4H3,(H,20,24)/t13-,18+/m1/s1. The van der Waals surface area contributed by atoms with Gasteiger partial charge in [0.2, 0.25) is 0 Å². The number of methoxy groups -OCH3 is 1. The molecular weight excluding hydrogens is 316 g/mol. The van der Waals surface area contributed by atoms with E-state index in [1.807, 2.05) is 41.6 Å². The van der Waals surface area contributed by atoms with Crippen molar-refractivity contribution in [2.75, 3.05) is 25.6 Å². The van der Waals surface area contributed by atoms with Gasteiger partial charge < -0.3 is 15.0 Å². The van der Waals surface area contributed by atoms with Crippen LogP contribution < -0.4 is 5.32 Å². The fraction of sp³-hybridized carbons (Fsp3) is 0.474. The maximum absolute atomic E-state index is 12.8. The van der Waals surface area contributed by atoms with E-state index >= 15 is 0 Å². The van der Waals surface area contributed by atoms with Gasteiger partial charge in [0.05, 0.1) is 36.3 Å². The lowest BCUT2D eigenvalue weighted by molar-refractivity contribution is 0.0671. The maximum Gasteiger partial charge on any atom is 0.322 e. The van der Waals surface area contributed by atoms with Crippen LogP contribution in [0.2, 0.25) is 0 Å². The first kappa shape index (κ1) is 17.5. The van der Waals surface area contributed by atoms with E-state index in [-0.39, 0.29) is 12.1 Å². The van der Waals surface area contributed by atoms with Crippen molar-refractivity contribution in [2.45, 2.75) is 33.4 Å². The number of carbonyl (C=O) groups is 1. The lowest BCUT2D eigenvalue weighted by Gasteiger charge is -2.46. The second kappa shape index (κ2) is 7.27. The predicted octanol–water partition coefficient (Wildman–Crippen LogP) is 3.37. The molecule has 134 valence electrons. The van der Waals surface area contributed by atoms with Crippen LogP contribution >= 0.6 is 0 Å². The van der Waals surface area contributed by atoms with Gasteiger partial charge in [0, 0.05) is 13.7 Å². The molecule has 2 atom stereocenters. The Hall–Kier alpha value is -2.34. The van der Waals surface area contributed by atoms with Crippen LogP contribution in [0.5, 0.6) is 0 Å². The third-order valence-electron chi connectivity index (χ3n) is 4.88. The highest BCUT2D eigenvalue weighted by atomic mass is 16.5. The SMILES string of the molecule is COCCn1nc(C)c(NC(=O)N2C[C@@H](C)[C@H]2c2ccccc2)c1C. The van der Waals surface area contributed by atoms with Crippen molar-refractivity contribution < 1.29 is 9.53 Å². The van der Waals surface area contributed by atoms with E-state index in [1.54, 1.807) is 7.11 Å². The highest BCUT2D eigenvalue weighted by Gasteiger charge is 2.40. The molecule has 0 radical (unpaired) electrons. The van der Waals surface area contributed by atoms with Gasteiger partial charge in [-0.2, -0.15) is 5.10 Å². The molecule has 25 heavy (non-hydrogen) atoms. The Bertz CT molecular complexity index is 741. The summed E-state index contributed by atoms with van der Waals surface area (Å²) in [4.78, 5) is 14.7. The van der Waals surface area contributed by atoms with E-state index in [1.165, 1.54) is 5.56 Å². The first-order chi connectivity index (χ1) is 12.0. The lowest BCUT2D eigenvalue weighted by Crippen LogP contribution is -2.53. The van der Waals surface area contributed by atoms with Crippen LogP contribution in [0, 0.1) is 19.8 Å². The molecule has 1 aliphatic heterocycles. The molecule has 3 rings (SSSR count). The minimum absolute atomic E-state index is 0.0653. The first-order valence-corrected chi connectivity index (χ1v) is 8.68. The highest BCUT2D eigenvalue weighted by molar-refractivity contribution is 5.91. The molecule has 1 aliphatic rings. The van der Waals surface area contributed by atoms with Gasteiger partial charge in [-0.15, -0.1) is 0 Å². The number of aryl methyl sites for hydroxylation is 1. The molecule has 1 aromatic heterocycles. The zero-order valence-electron chi connectivity index (χ0n) is 15.3. The van der Waals surface area contributed by atoms with Crippen LogP contribution in [0.3, 0.4) is 0 Å². The molecule has 0 saturated carbocycles. The van der Waals surface area contributed by atoms with Gasteiger partial charge in [-0.05, 0) is 25.3 Å². The molecule has 2 aromatic rings. The van der Waals surface area contributed by atoms with Gasteiger partial charge in [0.25, 0.3) is 0 Å². The number of rotatable bonds is 5. The maximum atomic E-state index is 12.8. The Morgan fingerprint density at radius 3 is 2.68 bits per heavy atom. The zero-order valence-corrected chi connectivity index (χ0v) is 15.3. The second-order valence-corrected chi connectivity index (χ2v) is 6.68. The fourth-order valence-corrected chi connectivity index (χ4v) is 3.51. The van der Waals surface area contributed by atoms with Crippen molar-refractivity contribution in [1.29, 1.82) is 0 Å². The minimum Gasteiger partial charge on any atom is -0.383 e. The van der Waals surface area contributed by atoms with Crippen molar-refractivity contribution >= 4 is 11.7 Å². The molecule has 6 heteroatoms. The van der Waals surface area contributed by atoms with Crippen LogP contribution in [0.15, 0.2) is 30.3 Å². The number of nitrogens with zero attached hydrogens (tertiary/aromatic N) is 3. The quantitative estimate of drug-likeness (QED) is 0.906. The Morgan fingerprint density at radius 1 is 1.32 bits per heavy atom. The molecule has 2 amide bonds. The van der Waals surface area contributed by atoms with Gasteiger partial charge in [-0.25, -0.2) is 4.79 Å². The van der Waals surface area contributed by atoms with Crippen molar-refractivity contribution in [2.24, 2.45) is 5.92 Å². The molecule has 0 bridgehead atoms. The number of likely N-dealkylation sites (tertiary alicyclic amines) is 1. The monoisotopic (exact) mass is 342 g/mol. The second-order valence-electron chi connectivity index (χ2n) is 6.68. The number of benzene rings is 1. The number of aromatic nitrogens is 2. The first-order valence-electron chi connectivity index (χ1n) is 8.68. The summed E-state index contributed by atoms with van der Waals surface area (Å²) in [5, 5.41) is 7.56. The highest BCUT2D eigenvalue weighted by Crippen LogP contribution is 2.38. The largest absolute Gasteiger partial charge is 0.383 e. The van der Waals surface area contributed by atoms with Gasteiger partial charge in [0.15, 0.2) is 0 Å². The number of hydrogen-bond acceptors (Lipinski definition) is 3. The van der Waals surface area contributed by atoms with Crippen LogP contribution in [0.4, 0.5) is 10.5 Å². The molecule has 1 aromatic carbocycles.